The van der Waals surface area contributed by atoms with Crippen LogP contribution in [0.3, 0.4) is 0 Å². The van der Waals surface area contributed by atoms with Gasteiger partial charge in [-0.3, -0.25) is 4.79 Å². The molecule has 1 saturated carbocycles. The predicted octanol–water partition coefficient (Wildman–Crippen LogP) is 4.96. The summed E-state index contributed by atoms with van der Waals surface area (Å²) in [7, 11) is 0. The Morgan fingerprint density at radius 2 is 1.71 bits per heavy atom. The van der Waals surface area contributed by atoms with Crippen LogP contribution in [0.4, 0.5) is 0 Å². The Hall–Kier alpha value is -1.77. The zero-order valence-corrected chi connectivity index (χ0v) is 15.6. The summed E-state index contributed by atoms with van der Waals surface area (Å²) < 4.78 is 0. The summed E-state index contributed by atoms with van der Waals surface area (Å²) in [5, 5.41) is 22.0. The fourth-order valence-electron chi connectivity index (χ4n) is 5.41. The van der Waals surface area contributed by atoms with Crippen LogP contribution in [0.5, 0.6) is 11.5 Å². The van der Waals surface area contributed by atoms with Gasteiger partial charge in [-0.05, 0) is 42.2 Å². The fourth-order valence-corrected chi connectivity index (χ4v) is 5.41. The number of aromatic hydroxyl groups is 2. The molecule has 3 nitrogen and oxygen atoms in total. The van der Waals surface area contributed by atoms with Crippen LogP contribution in [0.25, 0.3) is 5.57 Å². The Bertz CT molecular complexity index is 768. The quantitative estimate of drug-likeness (QED) is 0.595. The van der Waals surface area contributed by atoms with Gasteiger partial charge in [0.05, 0.1) is 0 Å². The highest BCUT2D eigenvalue weighted by atomic mass is 16.3. The van der Waals surface area contributed by atoms with Gasteiger partial charge in [0.2, 0.25) is 0 Å². The molecule has 1 atom stereocenters. The van der Waals surface area contributed by atoms with E-state index in [1.165, 1.54) is 0 Å². The molecule has 1 aromatic rings. The van der Waals surface area contributed by atoms with Crippen LogP contribution in [0.15, 0.2) is 5.57 Å². The molecule has 3 heteroatoms. The van der Waals surface area contributed by atoms with Gasteiger partial charge in [0.15, 0.2) is 6.29 Å². The Labute approximate surface area is 144 Å². The molecule has 0 radical (unpaired) electrons. The van der Waals surface area contributed by atoms with E-state index in [0.29, 0.717) is 11.1 Å². The van der Waals surface area contributed by atoms with E-state index >= 15 is 0 Å². The van der Waals surface area contributed by atoms with Crippen molar-refractivity contribution in [3.63, 3.8) is 0 Å². The van der Waals surface area contributed by atoms with E-state index in [0.717, 1.165) is 47.8 Å². The van der Waals surface area contributed by atoms with Gasteiger partial charge < -0.3 is 10.2 Å². The van der Waals surface area contributed by atoms with Gasteiger partial charge in [0.25, 0.3) is 0 Å². The van der Waals surface area contributed by atoms with Gasteiger partial charge in [-0.1, -0.05) is 41.0 Å². The lowest BCUT2D eigenvalue weighted by Gasteiger charge is -2.44. The Morgan fingerprint density at radius 3 is 2.25 bits per heavy atom. The lowest BCUT2D eigenvalue weighted by atomic mass is 9.59. The minimum Gasteiger partial charge on any atom is -0.507 e. The number of carbonyl (C=O) groups is 1. The molecule has 1 aromatic carbocycles. The largest absolute Gasteiger partial charge is 0.507 e. The average molecular weight is 328 g/mol. The maximum Gasteiger partial charge on any atom is 0.150 e. The molecule has 2 N–H and O–H groups in total. The Balaban J connectivity index is 2.48. The number of aldehydes is 1. The smallest absolute Gasteiger partial charge is 0.150 e. The number of rotatable bonds is 2. The normalized spacial score (nSPS) is 25.0. The molecule has 0 bridgehead atoms. The van der Waals surface area contributed by atoms with Crippen molar-refractivity contribution < 1.29 is 15.0 Å². The maximum atomic E-state index is 12.0. The zero-order chi connectivity index (χ0) is 18.0. The lowest BCUT2D eigenvalue weighted by Crippen LogP contribution is -2.36. The van der Waals surface area contributed by atoms with Gasteiger partial charge in [0, 0.05) is 27.7 Å². The Morgan fingerprint density at radius 1 is 1.08 bits per heavy atom. The molecule has 1 fully saturated rings. The van der Waals surface area contributed by atoms with Crippen molar-refractivity contribution in [1.82, 2.24) is 0 Å². The fraction of sp³-hybridized carbons (Fsp3) is 0.571. The summed E-state index contributed by atoms with van der Waals surface area (Å²) >= 11 is 0. The van der Waals surface area contributed by atoms with Crippen molar-refractivity contribution in [3.8, 4) is 11.5 Å². The van der Waals surface area contributed by atoms with Crippen molar-refractivity contribution in [2.24, 2.45) is 5.41 Å². The molecule has 0 amide bonds. The summed E-state index contributed by atoms with van der Waals surface area (Å²) in [6.45, 7) is 12.3. The van der Waals surface area contributed by atoms with Crippen LogP contribution in [0.2, 0.25) is 0 Å². The van der Waals surface area contributed by atoms with E-state index in [1.807, 2.05) is 20.8 Å². The number of phenols is 2. The van der Waals surface area contributed by atoms with Crippen molar-refractivity contribution in [2.45, 2.75) is 72.1 Å². The van der Waals surface area contributed by atoms with Crippen LogP contribution in [-0.2, 0) is 10.2 Å². The van der Waals surface area contributed by atoms with Crippen molar-refractivity contribution >= 4 is 11.9 Å². The molecule has 0 heterocycles. The predicted molar refractivity (Wildman–Crippen MR) is 96.6 cm³/mol. The first kappa shape index (κ1) is 17.1. The highest BCUT2D eigenvalue weighted by Crippen LogP contribution is 2.63. The number of hydrogen-bond donors (Lipinski definition) is 2. The SMILES string of the molecule is Cc1c(O)c2c(c(O)c1C(C)C)C(C=O)=C1C(C)(C)CCC[C@@]12C. The first-order valence-corrected chi connectivity index (χ1v) is 8.87. The number of carbonyl (C=O) groups excluding carboxylic acids is 1. The molecule has 130 valence electrons. The summed E-state index contributed by atoms with van der Waals surface area (Å²) in [6.07, 6.45) is 3.83. The summed E-state index contributed by atoms with van der Waals surface area (Å²) in [5.74, 6) is 0.500. The Kier molecular flexibility index (Phi) is 3.63. The lowest BCUT2D eigenvalue weighted by molar-refractivity contribution is -0.103. The number of allylic oxidation sites excluding steroid dienone is 2. The number of hydrogen-bond acceptors (Lipinski definition) is 3. The van der Waals surface area contributed by atoms with E-state index < -0.39 is 0 Å². The topological polar surface area (TPSA) is 57.5 Å². The molecule has 0 aliphatic heterocycles. The van der Waals surface area contributed by atoms with Gasteiger partial charge >= 0.3 is 0 Å². The molecule has 2 aliphatic carbocycles. The molecule has 0 aromatic heterocycles. The first-order chi connectivity index (χ1) is 11.1. The van der Waals surface area contributed by atoms with Crippen LogP contribution < -0.4 is 0 Å². The summed E-state index contributed by atoms with van der Waals surface area (Å²) in [4.78, 5) is 12.0. The van der Waals surface area contributed by atoms with Gasteiger partial charge in [0.1, 0.15) is 11.5 Å². The monoisotopic (exact) mass is 328 g/mol. The average Bonchev–Trinajstić information content (AvgIpc) is 2.74. The molecule has 3 rings (SSSR count). The summed E-state index contributed by atoms with van der Waals surface area (Å²) in [5.41, 5.74) is 3.98. The van der Waals surface area contributed by atoms with E-state index in [1.54, 1.807) is 0 Å². The summed E-state index contributed by atoms with van der Waals surface area (Å²) in [6, 6.07) is 0. The molecule has 2 aliphatic rings. The van der Waals surface area contributed by atoms with Gasteiger partial charge in [-0.25, -0.2) is 0 Å². The highest BCUT2D eigenvalue weighted by molar-refractivity contribution is 6.14. The number of benzene rings is 1. The van der Waals surface area contributed by atoms with Crippen molar-refractivity contribution in [1.29, 1.82) is 0 Å². The minimum absolute atomic E-state index is 0.0718. The van der Waals surface area contributed by atoms with Crippen LogP contribution in [0.1, 0.15) is 82.1 Å². The van der Waals surface area contributed by atoms with Gasteiger partial charge in [-0.15, -0.1) is 0 Å². The van der Waals surface area contributed by atoms with Crippen LogP contribution in [0, 0.1) is 12.3 Å². The standard InChI is InChI=1S/C21H28O3/c1-11(2)14-12(3)17(23)16-15(18(14)24)13(10-22)19-20(4,5)8-7-9-21(16,19)6/h10-11,23-24H,7-9H2,1-6H3/t21-/m1/s1. The third-order valence-corrected chi connectivity index (χ3v) is 6.23. The second-order valence-corrected chi connectivity index (χ2v) is 8.62. The van der Waals surface area contributed by atoms with Crippen LogP contribution >= 0.6 is 0 Å². The van der Waals surface area contributed by atoms with E-state index in [2.05, 4.69) is 20.8 Å². The molecular formula is C21H28O3. The first-order valence-electron chi connectivity index (χ1n) is 8.87. The van der Waals surface area contributed by atoms with Crippen molar-refractivity contribution in [3.05, 3.63) is 27.8 Å². The second-order valence-electron chi connectivity index (χ2n) is 8.62. The van der Waals surface area contributed by atoms with E-state index in [4.69, 9.17) is 0 Å². The molecule has 0 saturated heterocycles. The third kappa shape index (κ3) is 1.93. The minimum atomic E-state index is -0.380. The number of phenolic OH excluding ortho intramolecular Hbond substituents is 2. The number of fused-ring (bicyclic) bond motifs is 3. The van der Waals surface area contributed by atoms with Crippen LogP contribution in [-0.4, -0.2) is 16.5 Å². The van der Waals surface area contributed by atoms with Gasteiger partial charge in [-0.2, -0.15) is 0 Å². The molecule has 0 unspecified atom stereocenters. The highest BCUT2D eigenvalue weighted by Gasteiger charge is 2.52. The maximum absolute atomic E-state index is 12.0. The van der Waals surface area contributed by atoms with E-state index in [-0.39, 0.29) is 28.2 Å². The van der Waals surface area contributed by atoms with Crippen molar-refractivity contribution in [2.75, 3.05) is 0 Å². The molecular weight excluding hydrogens is 300 g/mol. The third-order valence-electron chi connectivity index (χ3n) is 6.23. The molecule has 0 spiro atoms. The second kappa shape index (κ2) is 5.11. The zero-order valence-electron chi connectivity index (χ0n) is 15.6. The van der Waals surface area contributed by atoms with E-state index in [9.17, 15) is 15.0 Å². The molecule has 24 heavy (non-hydrogen) atoms.